The summed E-state index contributed by atoms with van der Waals surface area (Å²) in [5, 5.41) is 13.2. The first kappa shape index (κ1) is 14.7. The first-order chi connectivity index (χ1) is 11.2. The van der Waals surface area contributed by atoms with Crippen molar-refractivity contribution in [2.45, 2.75) is 0 Å². The molecule has 0 spiro atoms. The van der Waals surface area contributed by atoms with Crippen LogP contribution in [-0.2, 0) is 0 Å². The molecule has 3 rings (SSSR count). The van der Waals surface area contributed by atoms with Crippen LogP contribution in [0, 0.1) is 0 Å². The molecular formula is C16H14N2O5. The van der Waals surface area contributed by atoms with Crippen molar-refractivity contribution in [3.05, 3.63) is 65.1 Å². The van der Waals surface area contributed by atoms with Crippen molar-refractivity contribution in [1.82, 2.24) is 9.78 Å². The van der Waals surface area contributed by atoms with Gasteiger partial charge in [-0.15, -0.1) is 0 Å². The summed E-state index contributed by atoms with van der Waals surface area (Å²) >= 11 is 0. The van der Waals surface area contributed by atoms with Gasteiger partial charge in [-0.1, -0.05) is 23.3 Å². The predicted molar refractivity (Wildman–Crippen MR) is 81.2 cm³/mol. The van der Waals surface area contributed by atoms with E-state index in [1.807, 2.05) is 30.3 Å². The first-order valence-electron chi connectivity index (χ1n) is 6.92. The van der Waals surface area contributed by atoms with Gasteiger partial charge >= 0.3 is 11.8 Å². The fraction of sp³-hybridized carbons (Fsp3) is 0.125. The second-order valence-corrected chi connectivity index (χ2v) is 4.57. The van der Waals surface area contributed by atoms with Gasteiger partial charge in [0.2, 0.25) is 0 Å². The highest BCUT2D eigenvalue weighted by Gasteiger charge is 2.11. The number of hydrogen-bond donors (Lipinski definition) is 1. The Hall–Kier alpha value is -3.22. The van der Waals surface area contributed by atoms with Crippen molar-refractivity contribution in [3.63, 3.8) is 0 Å². The van der Waals surface area contributed by atoms with Crippen molar-refractivity contribution in [2.24, 2.45) is 0 Å². The van der Waals surface area contributed by atoms with Crippen LogP contribution >= 0.6 is 0 Å². The Bertz CT molecular complexity index is 808. The van der Waals surface area contributed by atoms with Crippen LogP contribution in [0.2, 0.25) is 0 Å². The quantitative estimate of drug-likeness (QED) is 0.700. The molecule has 2 aromatic carbocycles. The normalized spacial score (nSPS) is 10.4. The number of rotatable bonds is 6. The van der Waals surface area contributed by atoms with E-state index in [2.05, 4.69) is 5.10 Å². The Kier molecular flexibility index (Phi) is 4.28. The smallest absolute Gasteiger partial charge is 0.444 e. The molecule has 0 atom stereocenters. The summed E-state index contributed by atoms with van der Waals surface area (Å²) < 4.78 is 16.7. The summed E-state index contributed by atoms with van der Waals surface area (Å²) in [4.78, 5) is 11.7. The number of hydrogen-bond acceptors (Lipinski definition) is 6. The van der Waals surface area contributed by atoms with Crippen molar-refractivity contribution >= 4 is 0 Å². The van der Waals surface area contributed by atoms with E-state index in [4.69, 9.17) is 13.9 Å². The van der Waals surface area contributed by atoms with Crippen LogP contribution in [0.3, 0.4) is 0 Å². The summed E-state index contributed by atoms with van der Waals surface area (Å²) in [7, 11) is 0. The second-order valence-electron chi connectivity index (χ2n) is 4.57. The number of phenolic OH excluding ortho intramolecular Hbond substituents is 1. The molecule has 0 saturated heterocycles. The van der Waals surface area contributed by atoms with E-state index in [-0.39, 0.29) is 18.4 Å². The average molecular weight is 314 g/mol. The van der Waals surface area contributed by atoms with E-state index in [1.165, 1.54) is 12.1 Å². The number of para-hydroxylation sites is 1. The second kappa shape index (κ2) is 6.69. The zero-order chi connectivity index (χ0) is 16.1. The summed E-state index contributed by atoms with van der Waals surface area (Å²) in [5.74, 6) is 0.154. The molecule has 0 bridgehead atoms. The highest BCUT2D eigenvalue weighted by molar-refractivity contribution is 5.35. The van der Waals surface area contributed by atoms with Crippen LogP contribution in [0.15, 0.2) is 63.8 Å². The van der Waals surface area contributed by atoms with Crippen molar-refractivity contribution in [3.8, 4) is 23.3 Å². The molecule has 7 nitrogen and oxygen atoms in total. The van der Waals surface area contributed by atoms with E-state index >= 15 is 0 Å². The monoisotopic (exact) mass is 314 g/mol. The van der Waals surface area contributed by atoms with E-state index in [1.54, 1.807) is 12.1 Å². The van der Waals surface area contributed by atoms with Crippen molar-refractivity contribution < 1.29 is 19.0 Å². The number of phenols is 1. The molecule has 23 heavy (non-hydrogen) atoms. The van der Waals surface area contributed by atoms with Gasteiger partial charge < -0.3 is 19.0 Å². The maximum atomic E-state index is 11.7. The third-order valence-electron chi connectivity index (χ3n) is 2.94. The van der Waals surface area contributed by atoms with Gasteiger partial charge in [0.25, 0.3) is 0 Å². The maximum Gasteiger partial charge on any atom is 0.444 e. The van der Waals surface area contributed by atoms with Gasteiger partial charge in [-0.25, -0.2) is 4.79 Å². The van der Waals surface area contributed by atoms with Gasteiger partial charge in [-0.05, 0) is 36.4 Å². The molecule has 0 aliphatic rings. The van der Waals surface area contributed by atoms with Crippen LogP contribution in [0.25, 0.3) is 5.69 Å². The Morgan fingerprint density at radius 3 is 2.43 bits per heavy atom. The summed E-state index contributed by atoms with van der Waals surface area (Å²) in [5.41, 5.74) is 0.465. The van der Waals surface area contributed by atoms with Gasteiger partial charge in [-0.3, -0.25) is 0 Å². The molecule has 0 unspecified atom stereocenters. The lowest BCUT2D eigenvalue weighted by Crippen LogP contribution is -2.13. The lowest BCUT2D eigenvalue weighted by Gasteiger charge is -2.04. The molecule has 0 fully saturated rings. The molecule has 0 saturated carbocycles. The Morgan fingerprint density at radius 2 is 1.70 bits per heavy atom. The highest BCUT2D eigenvalue weighted by atomic mass is 16.6. The topological polar surface area (TPSA) is 86.7 Å². The molecule has 1 aromatic heterocycles. The lowest BCUT2D eigenvalue weighted by atomic mass is 10.3. The predicted octanol–water partition coefficient (Wildman–Crippen LogP) is 1.99. The number of ether oxygens (including phenoxy) is 2. The van der Waals surface area contributed by atoms with E-state index in [9.17, 15) is 9.90 Å². The number of benzene rings is 2. The number of aromatic nitrogens is 2. The minimum absolute atomic E-state index is 0.0971. The fourth-order valence-corrected chi connectivity index (χ4v) is 1.88. The number of aromatic hydroxyl groups is 1. The number of nitrogens with zero attached hydrogens (tertiary/aromatic N) is 2. The van der Waals surface area contributed by atoms with Gasteiger partial charge in [0.15, 0.2) is 0 Å². The third-order valence-corrected chi connectivity index (χ3v) is 2.94. The van der Waals surface area contributed by atoms with E-state index in [0.29, 0.717) is 12.3 Å². The zero-order valence-corrected chi connectivity index (χ0v) is 12.1. The van der Waals surface area contributed by atoms with E-state index < -0.39 is 5.76 Å². The lowest BCUT2D eigenvalue weighted by molar-refractivity contribution is 0.173. The molecule has 3 aromatic rings. The van der Waals surface area contributed by atoms with Crippen LogP contribution in [0.4, 0.5) is 0 Å². The maximum absolute atomic E-state index is 11.7. The minimum Gasteiger partial charge on any atom is -0.508 e. The minimum atomic E-state index is -0.672. The Balaban J connectivity index is 1.58. The van der Waals surface area contributed by atoms with Crippen molar-refractivity contribution in [1.29, 1.82) is 0 Å². The first-order valence-corrected chi connectivity index (χ1v) is 6.92. The summed E-state index contributed by atoms with van der Waals surface area (Å²) in [6.45, 7) is 0.476. The van der Waals surface area contributed by atoms with Crippen molar-refractivity contribution in [2.75, 3.05) is 13.2 Å². The zero-order valence-electron chi connectivity index (χ0n) is 12.1. The molecule has 1 heterocycles. The van der Waals surface area contributed by atoms with Gasteiger partial charge in [0, 0.05) is 0 Å². The van der Waals surface area contributed by atoms with Gasteiger partial charge in [0.1, 0.15) is 24.7 Å². The van der Waals surface area contributed by atoms with E-state index in [0.717, 1.165) is 10.4 Å². The third kappa shape index (κ3) is 3.70. The van der Waals surface area contributed by atoms with Crippen LogP contribution < -0.4 is 15.2 Å². The molecular weight excluding hydrogens is 300 g/mol. The summed E-state index contributed by atoms with van der Waals surface area (Å²) in [6.07, 6.45) is -0.139. The molecule has 0 radical (unpaired) electrons. The standard InChI is InChI=1S/C16H14N2O5/c19-13-8-6-12(7-9-13)18-16(20)23-15(17-18)22-11-10-21-14-4-2-1-3-5-14/h1-9,19H,10-11H2. The fourth-order valence-electron chi connectivity index (χ4n) is 1.88. The summed E-state index contributed by atoms with van der Waals surface area (Å²) in [6, 6.07) is 15.3. The van der Waals surface area contributed by atoms with Crippen LogP contribution in [0.5, 0.6) is 17.6 Å². The SMILES string of the molecule is O=c1oc(OCCOc2ccccc2)nn1-c1ccc(O)cc1. The molecule has 0 amide bonds. The largest absolute Gasteiger partial charge is 0.508 e. The molecule has 7 heteroatoms. The molecule has 118 valence electrons. The Labute approximate surface area is 131 Å². The van der Waals surface area contributed by atoms with Gasteiger partial charge in [-0.2, -0.15) is 4.68 Å². The van der Waals surface area contributed by atoms with Crippen LogP contribution in [0.1, 0.15) is 0 Å². The molecule has 0 aliphatic carbocycles. The highest BCUT2D eigenvalue weighted by Crippen LogP contribution is 2.13. The molecule has 0 aliphatic heterocycles. The van der Waals surface area contributed by atoms with Crippen LogP contribution in [-0.4, -0.2) is 28.1 Å². The van der Waals surface area contributed by atoms with Gasteiger partial charge in [0.05, 0.1) is 5.69 Å². The Morgan fingerprint density at radius 1 is 1.00 bits per heavy atom. The average Bonchev–Trinajstić information content (AvgIpc) is 2.94. The molecule has 1 N–H and O–H groups in total.